The number of rotatable bonds is 4. The predicted molar refractivity (Wildman–Crippen MR) is 67.6 cm³/mol. The number of morpholine rings is 1. The minimum Gasteiger partial charge on any atom is -0.382 e. The third kappa shape index (κ3) is 3.31. The van der Waals surface area contributed by atoms with Crippen molar-refractivity contribution in [3.05, 3.63) is 12.3 Å². The molecule has 1 aliphatic rings. The summed E-state index contributed by atoms with van der Waals surface area (Å²) in [5.74, 6) is 0.779. The first kappa shape index (κ1) is 12.6. The van der Waals surface area contributed by atoms with Gasteiger partial charge in [0.2, 0.25) is 5.95 Å². The monoisotopic (exact) mass is 255 g/mol. The van der Waals surface area contributed by atoms with E-state index in [1.165, 1.54) is 0 Å². The molecule has 0 amide bonds. The van der Waals surface area contributed by atoms with Crippen LogP contribution in [0.15, 0.2) is 17.3 Å². The van der Waals surface area contributed by atoms with Gasteiger partial charge in [-0.15, -0.1) is 11.8 Å². The molecule has 0 aliphatic carbocycles. The molecule has 0 saturated carbocycles. The van der Waals surface area contributed by atoms with Crippen molar-refractivity contribution in [3.63, 3.8) is 0 Å². The van der Waals surface area contributed by atoms with Crippen molar-refractivity contribution < 1.29 is 9.47 Å². The lowest BCUT2D eigenvalue weighted by molar-refractivity contribution is -0.0104. The lowest BCUT2D eigenvalue weighted by atomic mass is 10.3. The summed E-state index contributed by atoms with van der Waals surface area (Å²) in [5.41, 5.74) is 0. The zero-order valence-electron chi connectivity index (χ0n) is 10.1. The topological polar surface area (TPSA) is 47.5 Å². The van der Waals surface area contributed by atoms with Crippen molar-refractivity contribution in [2.75, 3.05) is 44.6 Å². The van der Waals surface area contributed by atoms with Crippen molar-refractivity contribution in [3.8, 4) is 0 Å². The molecule has 1 aromatic rings. The Kier molecular flexibility index (Phi) is 4.58. The molecule has 94 valence electrons. The zero-order valence-corrected chi connectivity index (χ0v) is 10.9. The van der Waals surface area contributed by atoms with Gasteiger partial charge in [-0.25, -0.2) is 9.97 Å². The zero-order chi connectivity index (χ0) is 12.1. The van der Waals surface area contributed by atoms with Crippen molar-refractivity contribution >= 4 is 17.7 Å². The van der Waals surface area contributed by atoms with E-state index >= 15 is 0 Å². The van der Waals surface area contributed by atoms with Crippen LogP contribution in [0.5, 0.6) is 0 Å². The molecule has 2 rings (SSSR count). The Labute approximate surface area is 106 Å². The largest absolute Gasteiger partial charge is 0.382 e. The average molecular weight is 255 g/mol. The van der Waals surface area contributed by atoms with E-state index in [0.29, 0.717) is 13.2 Å². The van der Waals surface area contributed by atoms with Gasteiger partial charge in [0, 0.05) is 26.4 Å². The third-order valence-corrected chi connectivity index (χ3v) is 3.25. The Morgan fingerprint density at radius 2 is 2.53 bits per heavy atom. The highest BCUT2D eigenvalue weighted by atomic mass is 32.2. The molecular weight excluding hydrogens is 238 g/mol. The quantitative estimate of drug-likeness (QED) is 0.592. The van der Waals surface area contributed by atoms with Crippen LogP contribution in [-0.2, 0) is 9.47 Å². The first-order valence-electron chi connectivity index (χ1n) is 5.56. The molecule has 5 nitrogen and oxygen atoms in total. The number of methoxy groups -OCH3 is 1. The molecule has 2 heterocycles. The van der Waals surface area contributed by atoms with Gasteiger partial charge < -0.3 is 14.4 Å². The van der Waals surface area contributed by atoms with Gasteiger partial charge in [0.05, 0.1) is 19.3 Å². The minimum atomic E-state index is 0.107. The smallest absolute Gasteiger partial charge is 0.226 e. The fraction of sp³-hybridized carbons (Fsp3) is 0.636. The summed E-state index contributed by atoms with van der Waals surface area (Å²) in [5, 5.41) is 0.991. The van der Waals surface area contributed by atoms with Gasteiger partial charge in [-0.05, 0) is 12.3 Å². The Morgan fingerprint density at radius 3 is 3.29 bits per heavy atom. The molecule has 0 N–H and O–H groups in total. The van der Waals surface area contributed by atoms with Crippen LogP contribution in [0.25, 0.3) is 0 Å². The summed E-state index contributed by atoms with van der Waals surface area (Å²) in [6, 6.07) is 1.92. The maximum atomic E-state index is 5.60. The fourth-order valence-corrected chi connectivity index (χ4v) is 2.16. The van der Waals surface area contributed by atoms with Crippen molar-refractivity contribution in [2.24, 2.45) is 0 Å². The Morgan fingerprint density at radius 1 is 1.65 bits per heavy atom. The molecule has 0 unspecified atom stereocenters. The van der Waals surface area contributed by atoms with Crippen LogP contribution < -0.4 is 4.90 Å². The number of thioether (sulfide) groups is 1. The summed E-state index contributed by atoms with van der Waals surface area (Å²) in [6.07, 6.45) is 3.92. The van der Waals surface area contributed by atoms with E-state index in [9.17, 15) is 0 Å². The molecule has 6 heteroatoms. The first-order chi connectivity index (χ1) is 8.33. The molecule has 0 spiro atoms. The molecule has 0 aromatic carbocycles. The van der Waals surface area contributed by atoms with Gasteiger partial charge in [-0.2, -0.15) is 0 Å². The maximum absolute atomic E-state index is 5.60. The Bertz CT molecular complexity index is 362. The summed E-state index contributed by atoms with van der Waals surface area (Å²) in [7, 11) is 1.69. The number of hydrogen-bond acceptors (Lipinski definition) is 6. The lowest BCUT2D eigenvalue weighted by Crippen LogP contribution is -2.45. The summed E-state index contributed by atoms with van der Waals surface area (Å²) in [6.45, 7) is 2.92. The van der Waals surface area contributed by atoms with E-state index in [1.54, 1.807) is 25.1 Å². The van der Waals surface area contributed by atoms with Gasteiger partial charge in [-0.3, -0.25) is 0 Å². The van der Waals surface area contributed by atoms with Crippen LogP contribution >= 0.6 is 11.8 Å². The average Bonchev–Trinajstić information content (AvgIpc) is 2.40. The molecule has 1 aromatic heterocycles. The number of anilines is 1. The van der Waals surface area contributed by atoms with Crippen molar-refractivity contribution in [1.29, 1.82) is 0 Å². The highest BCUT2D eigenvalue weighted by molar-refractivity contribution is 7.98. The second-order valence-electron chi connectivity index (χ2n) is 3.79. The van der Waals surface area contributed by atoms with E-state index in [0.717, 1.165) is 24.1 Å². The fourth-order valence-electron chi connectivity index (χ4n) is 1.79. The number of ether oxygens (including phenoxy) is 2. The maximum Gasteiger partial charge on any atom is 0.226 e. The SMILES string of the molecule is COC[C@H]1CN(c2nccc(SC)n2)CCO1. The third-order valence-electron chi connectivity index (χ3n) is 2.60. The molecule has 0 bridgehead atoms. The number of hydrogen-bond donors (Lipinski definition) is 0. The standard InChI is InChI=1S/C11H17N3O2S/c1-15-8-9-7-14(5-6-16-9)11-12-4-3-10(13-11)17-2/h3-4,9H,5-8H2,1-2H3/t9-/m1/s1. The number of nitrogens with zero attached hydrogens (tertiary/aromatic N) is 3. The van der Waals surface area contributed by atoms with E-state index in [2.05, 4.69) is 14.9 Å². The highest BCUT2D eigenvalue weighted by Gasteiger charge is 2.22. The van der Waals surface area contributed by atoms with Crippen LogP contribution in [0.3, 0.4) is 0 Å². The van der Waals surface area contributed by atoms with Crippen molar-refractivity contribution in [2.45, 2.75) is 11.1 Å². The van der Waals surface area contributed by atoms with Gasteiger partial charge in [0.15, 0.2) is 0 Å². The predicted octanol–water partition coefficient (Wildman–Crippen LogP) is 1.05. The number of aromatic nitrogens is 2. The molecule has 1 aliphatic heterocycles. The molecule has 0 radical (unpaired) electrons. The summed E-state index contributed by atoms with van der Waals surface area (Å²) < 4.78 is 10.7. The van der Waals surface area contributed by atoms with E-state index in [1.807, 2.05) is 12.3 Å². The molecule has 1 fully saturated rings. The molecule has 17 heavy (non-hydrogen) atoms. The second-order valence-corrected chi connectivity index (χ2v) is 4.62. The van der Waals surface area contributed by atoms with Gasteiger partial charge >= 0.3 is 0 Å². The van der Waals surface area contributed by atoms with Crippen LogP contribution in [0.1, 0.15) is 0 Å². The van der Waals surface area contributed by atoms with Gasteiger partial charge in [-0.1, -0.05) is 0 Å². The summed E-state index contributed by atoms with van der Waals surface area (Å²) >= 11 is 1.62. The second kappa shape index (κ2) is 6.18. The van der Waals surface area contributed by atoms with Crippen LogP contribution in [0.4, 0.5) is 5.95 Å². The lowest BCUT2D eigenvalue weighted by Gasteiger charge is -2.32. The van der Waals surface area contributed by atoms with Crippen LogP contribution in [0.2, 0.25) is 0 Å². The van der Waals surface area contributed by atoms with E-state index in [-0.39, 0.29) is 6.10 Å². The highest BCUT2D eigenvalue weighted by Crippen LogP contribution is 2.17. The van der Waals surface area contributed by atoms with Gasteiger partial charge in [0.1, 0.15) is 5.03 Å². The molecule has 1 saturated heterocycles. The van der Waals surface area contributed by atoms with Crippen LogP contribution in [0, 0.1) is 0 Å². The van der Waals surface area contributed by atoms with Gasteiger partial charge in [0.25, 0.3) is 0 Å². The Balaban J connectivity index is 2.05. The van der Waals surface area contributed by atoms with Crippen LogP contribution in [-0.4, -0.2) is 55.7 Å². The molecule has 1 atom stereocenters. The van der Waals surface area contributed by atoms with E-state index < -0.39 is 0 Å². The Hall–Kier alpha value is -0.850. The minimum absolute atomic E-state index is 0.107. The van der Waals surface area contributed by atoms with E-state index in [4.69, 9.17) is 9.47 Å². The molecular formula is C11H17N3O2S. The first-order valence-corrected chi connectivity index (χ1v) is 6.78. The summed E-state index contributed by atoms with van der Waals surface area (Å²) in [4.78, 5) is 10.9. The normalized spacial score (nSPS) is 20.6. The van der Waals surface area contributed by atoms with Crippen molar-refractivity contribution in [1.82, 2.24) is 9.97 Å².